The van der Waals surface area contributed by atoms with E-state index in [0.717, 1.165) is 63.2 Å². The number of nitriles is 1. The maximum atomic E-state index is 13.6. The molecule has 1 aliphatic carbocycles. The molecule has 198 valence electrons. The quantitative estimate of drug-likeness (QED) is 0.389. The van der Waals surface area contributed by atoms with E-state index in [1.165, 1.54) is 23.9 Å². The van der Waals surface area contributed by atoms with Crippen molar-refractivity contribution in [2.45, 2.75) is 58.5 Å². The predicted octanol–water partition coefficient (Wildman–Crippen LogP) is 4.91. The number of carbonyl (C=O) groups excluding carboxylic acids is 1. The molecular formula is C29H33N5O2S2. The molecule has 2 saturated heterocycles. The third kappa shape index (κ3) is 4.87. The number of para-hydroxylation sites is 1. The zero-order valence-electron chi connectivity index (χ0n) is 22.0. The van der Waals surface area contributed by atoms with Gasteiger partial charge in [-0.1, -0.05) is 61.4 Å². The fourth-order valence-corrected chi connectivity index (χ4v) is 7.24. The van der Waals surface area contributed by atoms with Crippen LogP contribution in [0, 0.1) is 18.3 Å². The van der Waals surface area contributed by atoms with Crippen LogP contribution in [0.1, 0.15) is 55.7 Å². The van der Waals surface area contributed by atoms with Gasteiger partial charge in [-0.05, 0) is 50.5 Å². The highest BCUT2D eigenvalue weighted by atomic mass is 32.2. The lowest BCUT2D eigenvalue weighted by molar-refractivity contribution is -0.124. The number of rotatable bonds is 5. The van der Waals surface area contributed by atoms with Crippen LogP contribution in [-0.4, -0.2) is 51.9 Å². The first-order chi connectivity index (χ1) is 18.4. The number of pyridine rings is 1. The number of benzene rings is 1. The van der Waals surface area contributed by atoms with Crippen molar-refractivity contribution in [3.63, 3.8) is 0 Å². The lowest BCUT2D eigenvalue weighted by atomic mass is 9.94. The van der Waals surface area contributed by atoms with E-state index in [-0.39, 0.29) is 23.1 Å². The fourth-order valence-electron chi connectivity index (χ4n) is 5.86. The van der Waals surface area contributed by atoms with Gasteiger partial charge in [-0.25, -0.2) is 0 Å². The summed E-state index contributed by atoms with van der Waals surface area (Å²) in [5.41, 5.74) is 2.42. The minimum atomic E-state index is -0.278. The highest BCUT2D eigenvalue weighted by Gasteiger charge is 2.38. The molecular weight excluding hydrogens is 514 g/mol. The molecule has 3 fully saturated rings. The molecule has 5 rings (SSSR count). The number of amides is 1. The van der Waals surface area contributed by atoms with Crippen LogP contribution in [0.2, 0.25) is 0 Å². The Balaban J connectivity index is 1.53. The molecule has 7 nitrogen and oxygen atoms in total. The minimum Gasteiger partial charge on any atom is -0.368 e. The molecule has 3 aliphatic rings. The van der Waals surface area contributed by atoms with Gasteiger partial charge in [0, 0.05) is 50.0 Å². The van der Waals surface area contributed by atoms with Gasteiger partial charge >= 0.3 is 0 Å². The normalized spacial score (nSPS) is 19.9. The van der Waals surface area contributed by atoms with Crippen LogP contribution < -0.4 is 15.4 Å². The average Bonchev–Trinajstić information content (AvgIpc) is 3.23. The Morgan fingerprint density at radius 2 is 1.71 bits per heavy atom. The molecule has 1 saturated carbocycles. The highest BCUT2D eigenvalue weighted by Crippen LogP contribution is 2.39. The van der Waals surface area contributed by atoms with Crippen molar-refractivity contribution in [1.29, 1.82) is 5.26 Å². The standard InChI is InChI=1S/C29H33N5O2S2/c1-3-33-26(32-16-14-31(15-17-32)21-10-6-4-7-11-21)23(20(2)24(19-30)27(33)35)18-25-28(36)34(29(37)38-25)22-12-8-5-9-13-22/h4,6-7,10-11,18,22H,3,5,8-9,12-17H2,1-2H3. The van der Waals surface area contributed by atoms with E-state index < -0.39 is 0 Å². The van der Waals surface area contributed by atoms with E-state index in [9.17, 15) is 14.9 Å². The van der Waals surface area contributed by atoms with Crippen LogP contribution in [-0.2, 0) is 11.3 Å². The summed E-state index contributed by atoms with van der Waals surface area (Å²) >= 11 is 7.00. The van der Waals surface area contributed by atoms with Crippen LogP contribution in [0.3, 0.4) is 0 Å². The van der Waals surface area contributed by atoms with Gasteiger partial charge < -0.3 is 9.80 Å². The van der Waals surface area contributed by atoms with Crippen LogP contribution in [0.5, 0.6) is 0 Å². The summed E-state index contributed by atoms with van der Waals surface area (Å²) in [5.74, 6) is 0.726. The first-order valence-corrected chi connectivity index (χ1v) is 14.7. The summed E-state index contributed by atoms with van der Waals surface area (Å²) in [6.45, 7) is 7.25. The van der Waals surface area contributed by atoms with E-state index in [4.69, 9.17) is 12.2 Å². The SMILES string of the molecule is CCn1c(N2CCN(c3ccccc3)CC2)c(C=C2SC(=S)N(C3CCCCC3)C2=O)c(C)c(C#N)c1=O. The van der Waals surface area contributed by atoms with Gasteiger partial charge in [-0.2, -0.15) is 5.26 Å². The first kappa shape index (κ1) is 26.5. The summed E-state index contributed by atoms with van der Waals surface area (Å²) in [4.78, 5) is 33.9. The van der Waals surface area contributed by atoms with Crippen molar-refractivity contribution in [3.8, 4) is 6.07 Å². The Labute approximate surface area is 233 Å². The number of hydrogen-bond acceptors (Lipinski definition) is 7. The van der Waals surface area contributed by atoms with Gasteiger partial charge in [0.15, 0.2) is 0 Å². The van der Waals surface area contributed by atoms with Crippen LogP contribution >= 0.6 is 24.0 Å². The van der Waals surface area contributed by atoms with Gasteiger partial charge in [-0.3, -0.25) is 19.1 Å². The Morgan fingerprint density at radius 3 is 2.34 bits per heavy atom. The molecule has 0 radical (unpaired) electrons. The Kier molecular flexibility index (Phi) is 7.91. The molecule has 0 N–H and O–H groups in total. The second-order valence-corrected chi connectivity index (χ2v) is 11.7. The molecule has 0 unspecified atom stereocenters. The molecule has 0 spiro atoms. The molecule has 2 aliphatic heterocycles. The van der Waals surface area contributed by atoms with E-state index in [0.29, 0.717) is 21.3 Å². The number of nitrogens with zero attached hydrogens (tertiary/aromatic N) is 5. The number of thioether (sulfide) groups is 1. The molecule has 3 heterocycles. The van der Waals surface area contributed by atoms with Gasteiger partial charge in [0.2, 0.25) is 0 Å². The minimum absolute atomic E-state index is 0.0566. The molecule has 2 aromatic rings. The fraction of sp³-hybridized carbons (Fsp3) is 0.448. The van der Waals surface area contributed by atoms with Crippen molar-refractivity contribution in [2.24, 2.45) is 0 Å². The number of carbonyl (C=O) groups is 1. The smallest absolute Gasteiger partial charge is 0.270 e. The van der Waals surface area contributed by atoms with Crippen LogP contribution in [0.4, 0.5) is 11.5 Å². The summed E-state index contributed by atoms with van der Waals surface area (Å²) < 4.78 is 2.30. The van der Waals surface area contributed by atoms with Gasteiger partial charge in [-0.15, -0.1) is 0 Å². The lowest BCUT2D eigenvalue weighted by Gasteiger charge is -2.39. The van der Waals surface area contributed by atoms with Crippen molar-refractivity contribution < 1.29 is 4.79 Å². The van der Waals surface area contributed by atoms with E-state index >= 15 is 0 Å². The second kappa shape index (κ2) is 11.3. The monoisotopic (exact) mass is 547 g/mol. The molecule has 1 aromatic heterocycles. The topological polar surface area (TPSA) is 72.6 Å². The number of piperazine rings is 1. The molecule has 9 heteroatoms. The summed E-state index contributed by atoms with van der Waals surface area (Å²) in [5, 5.41) is 9.87. The third-order valence-corrected chi connectivity index (χ3v) is 9.23. The van der Waals surface area contributed by atoms with Crippen molar-refractivity contribution >= 4 is 51.8 Å². The Hall–Kier alpha value is -3.09. The maximum Gasteiger partial charge on any atom is 0.270 e. The highest BCUT2D eigenvalue weighted by molar-refractivity contribution is 8.26. The van der Waals surface area contributed by atoms with E-state index in [1.54, 1.807) is 9.47 Å². The van der Waals surface area contributed by atoms with Crippen molar-refractivity contribution in [3.05, 3.63) is 62.3 Å². The van der Waals surface area contributed by atoms with Crippen molar-refractivity contribution in [2.75, 3.05) is 36.0 Å². The number of aromatic nitrogens is 1. The summed E-state index contributed by atoms with van der Waals surface area (Å²) in [7, 11) is 0. The average molecular weight is 548 g/mol. The number of anilines is 2. The molecule has 0 atom stereocenters. The molecule has 38 heavy (non-hydrogen) atoms. The zero-order chi connectivity index (χ0) is 26.8. The maximum absolute atomic E-state index is 13.6. The summed E-state index contributed by atoms with van der Waals surface area (Å²) in [6.07, 6.45) is 7.28. The van der Waals surface area contributed by atoms with Gasteiger partial charge in [0.25, 0.3) is 11.5 Å². The molecule has 1 aromatic carbocycles. The first-order valence-electron chi connectivity index (χ1n) is 13.4. The van der Waals surface area contributed by atoms with E-state index in [1.807, 2.05) is 38.1 Å². The summed E-state index contributed by atoms with van der Waals surface area (Å²) in [6, 6.07) is 12.6. The predicted molar refractivity (Wildman–Crippen MR) is 159 cm³/mol. The number of thiocarbonyl (C=S) groups is 1. The third-order valence-electron chi connectivity index (χ3n) is 7.90. The second-order valence-electron chi connectivity index (χ2n) is 10.1. The lowest BCUT2D eigenvalue weighted by Crippen LogP contribution is -2.48. The van der Waals surface area contributed by atoms with Crippen LogP contribution in [0.15, 0.2) is 40.0 Å². The zero-order valence-corrected chi connectivity index (χ0v) is 23.6. The van der Waals surface area contributed by atoms with E-state index in [2.05, 4.69) is 28.0 Å². The Morgan fingerprint density at radius 1 is 1.05 bits per heavy atom. The van der Waals surface area contributed by atoms with Crippen LogP contribution in [0.25, 0.3) is 6.08 Å². The van der Waals surface area contributed by atoms with Crippen molar-refractivity contribution in [1.82, 2.24) is 9.47 Å². The Bertz CT molecular complexity index is 1360. The van der Waals surface area contributed by atoms with Gasteiger partial charge in [0.1, 0.15) is 21.8 Å². The number of hydrogen-bond donors (Lipinski definition) is 0. The molecule has 1 amide bonds. The molecule has 0 bridgehead atoms. The van der Waals surface area contributed by atoms with Gasteiger partial charge in [0.05, 0.1) is 4.91 Å². The largest absolute Gasteiger partial charge is 0.368 e.